The van der Waals surface area contributed by atoms with E-state index in [1.54, 1.807) is 24.3 Å². The van der Waals surface area contributed by atoms with Gasteiger partial charge in [0.2, 0.25) is 0 Å². The lowest BCUT2D eigenvalue weighted by atomic mass is 9.73. The number of hydrogen-bond acceptors (Lipinski definition) is 0. The van der Waals surface area contributed by atoms with Gasteiger partial charge < -0.3 is 0 Å². The van der Waals surface area contributed by atoms with Gasteiger partial charge in [0.05, 0.1) is 0 Å². The standard InChI is InChI=1S/C18H30.2C14H22.2C13H20/c1-16(2,3)13-10-11-14(17(4,5)6)15(12-13)18(7,8)9;1-13(2,3)11-7-9-12(10-8-11)14(4,5)6;1-6-11(2)12-7-9-13(10-8-12)14(3,4)5;2*1-10(2)11-6-8-12(9-7-11)13(3,4)5/h10-12H,1-9H3;7-10H,1-6H3;7-11H,6H2,1-5H3;2*6-10H,1-5H3/i;;2D3,6D2,11D;10D;. The summed E-state index contributed by atoms with van der Waals surface area (Å²) in [4.78, 5) is 0. The van der Waals surface area contributed by atoms with E-state index in [2.05, 4.69) is 250 Å². The zero-order chi connectivity index (χ0) is 62.4. The van der Waals surface area contributed by atoms with Gasteiger partial charge in [-0.3, -0.25) is 0 Å². The molecular weight excluding hydrogens is 865 g/mol. The lowest BCUT2D eigenvalue weighted by Crippen LogP contribution is -2.23. The lowest BCUT2D eigenvalue weighted by molar-refractivity contribution is 0.523. The predicted octanol–water partition coefficient (Wildman–Crippen LogP) is 22.6. The summed E-state index contributed by atoms with van der Waals surface area (Å²) in [6.45, 7) is 60.3. The molecule has 0 N–H and O–H groups in total. The van der Waals surface area contributed by atoms with Crippen molar-refractivity contribution >= 4 is 0 Å². The number of benzene rings is 5. The quantitative estimate of drug-likeness (QED) is 0.168. The third-order valence-electron chi connectivity index (χ3n) is 13.2. The molecule has 1 atom stereocenters. The molecule has 72 heavy (non-hydrogen) atoms. The van der Waals surface area contributed by atoms with Crippen LogP contribution < -0.4 is 0 Å². The van der Waals surface area contributed by atoms with E-state index in [-0.39, 0.29) is 48.9 Å². The molecule has 0 heteroatoms. The van der Waals surface area contributed by atoms with Crippen molar-refractivity contribution in [3.05, 3.63) is 176 Å². The second kappa shape index (κ2) is 26.0. The van der Waals surface area contributed by atoms with E-state index in [0.717, 1.165) is 18.1 Å². The predicted molar refractivity (Wildman–Crippen MR) is 329 cm³/mol. The number of rotatable bonds is 4. The van der Waals surface area contributed by atoms with E-state index in [1.165, 1.54) is 44.5 Å². The Morgan fingerprint density at radius 3 is 0.806 bits per heavy atom. The molecule has 0 heterocycles. The first kappa shape index (κ1) is 54.4. The summed E-state index contributed by atoms with van der Waals surface area (Å²) in [5, 5.41) is 0. The van der Waals surface area contributed by atoms with Crippen molar-refractivity contribution in [2.45, 2.75) is 275 Å². The zero-order valence-electron chi connectivity index (χ0n) is 59.0. The van der Waals surface area contributed by atoms with E-state index in [1.807, 2.05) is 34.6 Å². The SMILES string of the molecule is CC(C)(C)c1ccc(C(C)(C)C)c(C(C)(C)C)c1.CC(C)(C)c1ccc(C(C)(C)C)cc1.CC(C)c1ccc(C(C)(C)C)cc1.[2H]C(C)(C)c1ccc(C(C)(C)C)cc1.[2H]C([2H])([2H])C([2H])(c1ccc(C(C)(C)C)cc1)C([2H])([2H])C. The summed E-state index contributed by atoms with van der Waals surface area (Å²) in [7, 11) is 0. The van der Waals surface area contributed by atoms with Crippen LogP contribution in [-0.2, 0) is 43.3 Å². The van der Waals surface area contributed by atoms with Gasteiger partial charge in [-0.25, -0.2) is 0 Å². The van der Waals surface area contributed by atoms with Crippen LogP contribution in [-0.4, -0.2) is 0 Å². The van der Waals surface area contributed by atoms with Crippen LogP contribution >= 0.6 is 0 Å². The molecule has 0 aromatic heterocycles. The maximum Gasteiger partial charge on any atom is 0.0349 e. The van der Waals surface area contributed by atoms with Crippen molar-refractivity contribution in [1.82, 2.24) is 0 Å². The molecule has 0 saturated carbocycles. The maximum absolute atomic E-state index is 8.25. The molecule has 1 unspecified atom stereocenters. The van der Waals surface area contributed by atoms with Crippen molar-refractivity contribution in [2.24, 2.45) is 0 Å². The summed E-state index contributed by atoms with van der Waals surface area (Å²) in [5.74, 6) is -2.14. The summed E-state index contributed by atoms with van der Waals surface area (Å²) < 4.78 is 54.4. The molecule has 0 radical (unpaired) electrons. The highest BCUT2D eigenvalue weighted by molar-refractivity contribution is 5.42. The largest absolute Gasteiger partial charge is 0.0648 e. The highest BCUT2D eigenvalue weighted by atomic mass is 14.3. The van der Waals surface area contributed by atoms with Crippen molar-refractivity contribution in [3.63, 3.8) is 0 Å². The summed E-state index contributed by atoms with van der Waals surface area (Å²) in [6, 6.07) is 40.1. The Morgan fingerprint density at radius 1 is 0.333 bits per heavy atom. The van der Waals surface area contributed by atoms with Crippen molar-refractivity contribution in [1.29, 1.82) is 0 Å². The minimum atomic E-state index is -2.74. The Hall–Kier alpha value is -3.90. The van der Waals surface area contributed by atoms with Gasteiger partial charge in [0.25, 0.3) is 0 Å². The zero-order valence-corrected chi connectivity index (χ0v) is 52.0. The second-order valence-corrected chi connectivity index (χ2v) is 28.9. The smallest absolute Gasteiger partial charge is 0.0349 e. The topological polar surface area (TPSA) is 0 Å². The summed E-state index contributed by atoms with van der Waals surface area (Å²) >= 11 is 0. The molecule has 0 aliphatic rings. The first-order chi connectivity index (χ1) is 34.9. The molecule has 0 saturated heterocycles. The highest BCUT2D eigenvalue weighted by Gasteiger charge is 2.27. The average Bonchev–Trinajstić information content (AvgIpc) is 3.26. The van der Waals surface area contributed by atoms with E-state index >= 15 is 0 Å². The minimum absolute atomic E-state index is 0.0750. The van der Waals surface area contributed by atoms with Gasteiger partial charge in [0.1, 0.15) is 0 Å². The van der Waals surface area contributed by atoms with Gasteiger partial charge in [-0.2, -0.15) is 0 Å². The van der Waals surface area contributed by atoms with Gasteiger partial charge in [0.15, 0.2) is 0 Å². The van der Waals surface area contributed by atoms with Crippen LogP contribution in [0.2, 0.25) is 0 Å². The van der Waals surface area contributed by atoms with Gasteiger partial charge in [-0.1, -0.05) is 323 Å². The molecule has 0 spiro atoms. The van der Waals surface area contributed by atoms with Crippen LogP contribution in [0.25, 0.3) is 0 Å². The molecule has 5 rings (SSSR count). The van der Waals surface area contributed by atoms with E-state index < -0.39 is 25.0 Å². The Kier molecular flexibility index (Phi) is 19.7. The third-order valence-corrected chi connectivity index (χ3v) is 13.2. The van der Waals surface area contributed by atoms with Crippen LogP contribution in [0, 0.1) is 0 Å². The molecule has 0 fully saturated rings. The van der Waals surface area contributed by atoms with Crippen LogP contribution in [0.4, 0.5) is 0 Å². The van der Waals surface area contributed by atoms with Crippen molar-refractivity contribution < 1.29 is 9.60 Å². The normalized spacial score (nSPS) is 15.5. The van der Waals surface area contributed by atoms with Crippen LogP contribution in [0.1, 0.15) is 303 Å². The Bertz CT molecular complexity index is 2440. The first-order valence-corrected chi connectivity index (χ1v) is 27.0. The van der Waals surface area contributed by atoms with Gasteiger partial charge in [0, 0.05) is 9.60 Å². The molecule has 0 nitrogen and oxygen atoms in total. The summed E-state index contributed by atoms with van der Waals surface area (Å²) in [5.41, 5.74) is 15.2. The van der Waals surface area contributed by atoms with Crippen molar-refractivity contribution in [2.75, 3.05) is 0 Å². The second-order valence-electron chi connectivity index (χ2n) is 28.9. The fourth-order valence-corrected chi connectivity index (χ4v) is 7.71. The third kappa shape index (κ3) is 22.7. The van der Waals surface area contributed by atoms with Crippen LogP contribution in [0.15, 0.2) is 115 Å². The molecule has 5 aromatic carbocycles. The molecule has 0 aliphatic carbocycles. The molecule has 5 aromatic rings. The fraction of sp³-hybridized carbons (Fsp3) is 0.583. The molecular formula is C72H114. The Balaban J connectivity index is 0.000000498. The maximum atomic E-state index is 8.25. The van der Waals surface area contributed by atoms with E-state index in [0.29, 0.717) is 5.92 Å². The Morgan fingerprint density at radius 2 is 0.583 bits per heavy atom. The van der Waals surface area contributed by atoms with Crippen LogP contribution in [0.3, 0.4) is 0 Å². The summed E-state index contributed by atoms with van der Waals surface area (Å²) in [6.07, 6.45) is -2.18. The van der Waals surface area contributed by atoms with Crippen molar-refractivity contribution in [3.8, 4) is 0 Å². The van der Waals surface area contributed by atoms with Gasteiger partial charge >= 0.3 is 0 Å². The first-order valence-electron chi connectivity index (χ1n) is 30.5. The molecule has 0 amide bonds. The fourth-order valence-electron chi connectivity index (χ4n) is 7.71. The highest BCUT2D eigenvalue weighted by Crippen LogP contribution is 2.37. The Labute approximate surface area is 459 Å². The minimum Gasteiger partial charge on any atom is -0.0648 e. The van der Waals surface area contributed by atoms with E-state index in [9.17, 15) is 0 Å². The molecule has 0 aliphatic heterocycles. The van der Waals surface area contributed by atoms with E-state index in [4.69, 9.17) is 9.60 Å². The lowest BCUT2D eigenvalue weighted by Gasteiger charge is -2.32. The van der Waals surface area contributed by atoms with Crippen LogP contribution in [0.5, 0.6) is 0 Å². The van der Waals surface area contributed by atoms with Gasteiger partial charge in [-0.15, -0.1) is 0 Å². The monoisotopic (exact) mass is 986 g/mol. The molecule has 402 valence electrons. The molecule has 0 bridgehead atoms. The number of hydrogen-bond donors (Lipinski definition) is 0. The van der Waals surface area contributed by atoms with Gasteiger partial charge in [-0.05, 0) is 129 Å². The average molecular weight is 987 g/mol.